The van der Waals surface area contributed by atoms with Crippen molar-refractivity contribution < 1.29 is 4.42 Å². The van der Waals surface area contributed by atoms with Crippen LogP contribution in [0.2, 0.25) is 0 Å². The number of nitrogens with zero attached hydrogens (tertiary/aromatic N) is 1. The van der Waals surface area contributed by atoms with E-state index in [2.05, 4.69) is 275 Å². The predicted octanol–water partition coefficient (Wildman–Crippen LogP) is 19.8. The molecule has 0 saturated carbocycles. The smallest absolute Gasteiger partial charge is 0.159 e. The quantitative estimate of drug-likeness (QED) is 0.158. The largest absolute Gasteiger partial charge is 0.454 e. The Balaban J connectivity index is 1.06. The maximum atomic E-state index is 6.98. The van der Waals surface area contributed by atoms with Crippen molar-refractivity contribution in [3.63, 3.8) is 0 Å². The molecule has 2 heteroatoms. The molecule has 1 heterocycles. The van der Waals surface area contributed by atoms with Crippen LogP contribution in [0.15, 0.2) is 271 Å². The molecule has 0 amide bonds. The van der Waals surface area contributed by atoms with Gasteiger partial charge >= 0.3 is 0 Å². The fraction of sp³-hybridized carbons (Fsp3) is 0.0933. The van der Waals surface area contributed by atoms with Crippen LogP contribution < -0.4 is 4.90 Å². The Kier molecular flexibility index (Phi) is 10.1. The molecular formula is C75H55NO. The molecule has 11 aromatic rings. The third kappa shape index (κ3) is 6.42. The normalized spacial score (nSPS) is 18.6. The maximum Gasteiger partial charge on any atom is 0.159 e. The average molecular weight is 986 g/mol. The van der Waals surface area contributed by atoms with Crippen molar-refractivity contribution in [2.45, 2.75) is 43.9 Å². The summed E-state index contributed by atoms with van der Waals surface area (Å²) >= 11 is 0. The number of para-hydroxylation sites is 2. The van der Waals surface area contributed by atoms with Gasteiger partial charge in [-0.2, -0.15) is 0 Å². The molecule has 0 fully saturated rings. The molecule has 0 aliphatic heterocycles. The molecule has 2 atom stereocenters. The van der Waals surface area contributed by atoms with Crippen molar-refractivity contribution in [2.24, 2.45) is 0 Å². The molecule has 2 unspecified atom stereocenters. The van der Waals surface area contributed by atoms with Crippen molar-refractivity contribution in [1.82, 2.24) is 0 Å². The lowest BCUT2D eigenvalue weighted by Crippen LogP contribution is -2.27. The number of benzene rings is 10. The first-order valence-electron chi connectivity index (χ1n) is 27.2. The minimum Gasteiger partial charge on any atom is -0.454 e. The van der Waals surface area contributed by atoms with E-state index >= 15 is 0 Å². The molecule has 4 aliphatic rings. The predicted molar refractivity (Wildman–Crippen MR) is 323 cm³/mol. The summed E-state index contributed by atoms with van der Waals surface area (Å²) in [5.41, 5.74) is 26.0. The molecule has 77 heavy (non-hydrogen) atoms. The molecule has 1 aromatic heterocycles. The van der Waals surface area contributed by atoms with Crippen LogP contribution in [-0.4, -0.2) is 0 Å². The third-order valence-corrected chi connectivity index (χ3v) is 17.5. The van der Waals surface area contributed by atoms with E-state index in [1.54, 1.807) is 0 Å². The van der Waals surface area contributed by atoms with Gasteiger partial charge in [0.1, 0.15) is 5.58 Å². The topological polar surface area (TPSA) is 16.4 Å². The molecule has 0 bridgehead atoms. The zero-order valence-corrected chi connectivity index (χ0v) is 43.5. The Bertz CT molecular complexity index is 4410. The van der Waals surface area contributed by atoms with E-state index in [9.17, 15) is 0 Å². The first-order valence-corrected chi connectivity index (χ1v) is 27.2. The highest BCUT2D eigenvalue weighted by molar-refractivity contribution is 6.11. The summed E-state index contributed by atoms with van der Waals surface area (Å²) in [6, 6.07) is 80.9. The van der Waals surface area contributed by atoms with E-state index in [1.807, 2.05) is 6.08 Å². The van der Waals surface area contributed by atoms with Gasteiger partial charge in [0.05, 0.1) is 11.1 Å². The summed E-state index contributed by atoms with van der Waals surface area (Å²) in [6.07, 6.45) is 12.5. The second-order valence-corrected chi connectivity index (χ2v) is 21.8. The van der Waals surface area contributed by atoms with Crippen LogP contribution in [0.3, 0.4) is 0 Å². The van der Waals surface area contributed by atoms with Crippen molar-refractivity contribution in [1.29, 1.82) is 0 Å². The number of anilines is 2. The summed E-state index contributed by atoms with van der Waals surface area (Å²) in [5.74, 6) is 0.0112. The Morgan fingerprint density at radius 2 is 1.18 bits per heavy atom. The number of allylic oxidation sites excluding steroid dienone is 9. The fourth-order valence-electron chi connectivity index (χ4n) is 14.4. The van der Waals surface area contributed by atoms with Crippen molar-refractivity contribution in [3.8, 4) is 33.4 Å². The maximum absolute atomic E-state index is 6.98. The van der Waals surface area contributed by atoms with E-state index in [0.717, 1.165) is 39.7 Å². The third-order valence-electron chi connectivity index (χ3n) is 17.5. The van der Waals surface area contributed by atoms with Gasteiger partial charge in [-0.05, 0) is 155 Å². The lowest BCUT2D eigenvalue weighted by atomic mass is 9.68. The van der Waals surface area contributed by atoms with Gasteiger partial charge in [0.25, 0.3) is 0 Å². The van der Waals surface area contributed by atoms with Gasteiger partial charge in [0.15, 0.2) is 5.58 Å². The van der Waals surface area contributed by atoms with E-state index in [4.69, 9.17) is 4.42 Å². The Morgan fingerprint density at radius 1 is 0.558 bits per heavy atom. The highest BCUT2D eigenvalue weighted by Gasteiger charge is 2.55. The molecule has 1 spiro atoms. The summed E-state index contributed by atoms with van der Waals surface area (Å²) in [6.45, 7) is 11.5. The zero-order chi connectivity index (χ0) is 51.6. The summed E-state index contributed by atoms with van der Waals surface area (Å²) in [4.78, 5) is 2.51. The standard InChI is InChI=1S/C75H55NO/c1-5-22-64-54(6-2)57-28-12-17-35-65(57)75(64)66-36-18-14-31-61(66)70-67(75)46-62(72-71(70)60-30-13-16-34-63(60)74(72,3)4)51-43-50(56-32-20-26-49-25-10-11-27-55(49)56)44-53(45-51)76(52-41-39-48(40-42-52)47-23-8-7-9-24-47)68-37-21-33-59-58-29-15-19-38-69(58)77-73(59)68/h5-43,45-46,50H,1,44H2,2-4H3/b54-6-,64-22?. The number of rotatable bonds is 7. The Labute approximate surface area is 450 Å². The first kappa shape index (κ1) is 45.2. The minimum absolute atomic E-state index is 0.0112. The number of fused-ring (bicyclic) bond motifs is 15. The van der Waals surface area contributed by atoms with Gasteiger partial charge in [0, 0.05) is 33.5 Å². The van der Waals surface area contributed by atoms with Crippen molar-refractivity contribution >= 4 is 55.2 Å². The van der Waals surface area contributed by atoms with E-state index < -0.39 is 5.41 Å². The zero-order valence-electron chi connectivity index (χ0n) is 43.5. The number of hydrogen-bond donors (Lipinski definition) is 0. The van der Waals surface area contributed by atoms with Crippen molar-refractivity contribution in [2.75, 3.05) is 4.90 Å². The van der Waals surface area contributed by atoms with Gasteiger partial charge in [-0.1, -0.05) is 233 Å². The second-order valence-electron chi connectivity index (χ2n) is 21.8. The van der Waals surface area contributed by atoms with Crippen LogP contribution in [0.25, 0.3) is 77.2 Å². The first-order chi connectivity index (χ1) is 37.9. The van der Waals surface area contributed by atoms with E-state index in [1.165, 1.54) is 111 Å². The van der Waals surface area contributed by atoms with Gasteiger partial charge < -0.3 is 9.32 Å². The lowest BCUT2D eigenvalue weighted by molar-refractivity contribution is 0.657. The molecule has 0 saturated heterocycles. The molecule has 0 N–H and O–H groups in total. The summed E-state index contributed by atoms with van der Waals surface area (Å²) in [5, 5.41) is 4.73. The number of furan rings is 1. The highest BCUT2D eigenvalue weighted by atomic mass is 16.3. The number of hydrogen-bond acceptors (Lipinski definition) is 2. The summed E-state index contributed by atoms with van der Waals surface area (Å²) < 4.78 is 6.98. The fourth-order valence-corrected chi connectivity index (χ4v) is 14.4. The van der Waals surface area contributed by atoms with Crippen molar-refractivity contribution in [3.05, 3.63) is 311 Å². The monoisotopic (exact) mass is 985 g/mol. The highest BCUT2D eigenvalue weighted by Crippen LogP contribution is 2.68. The molecule has 366 valence electrons. The van der Waals surface area contributed by atoms with E-state index in [-0.39, 0.29) is 11.3 Å². The Hall–Kier alpha value is -9.24. The van der Waals surface area contributed by atoms with Gasteiger partial charge in [-0.15, -0.1) is 0 Å². The van der Waals surface area contributed by atoms with Crippen LogP contribution in [-0.2, 0) is 10.8 Å². The van der Waals surface area contributed by atoms with Gasteiger partial charge in [0.2, 0.25) is 0 Å². The minimum atomic E-state index is -0.593. The van der Waals surface area contributed by atoms with Crippen LogP contribution >= 0.6 is 0 Å². The molecule has 15 rings (SSSR count). The average Bonchev–Trinajstić information content (AvgIpc) is 4.37. The Morgan fingerprint density at radius 3 is 1.96 bits per heavy atom. The SMILES string of the molecule is C=CC=C1/C(=C\C)c2ccccc2C12c1ccccc1-c1c2cc(C2=CC(c3cccc4ccccc34)CC(N(c3ccc(-c4ccccc4)cc3)c3cccc4c3oc3ccccc34)=C2)c2c1-c1ccccc1C2(C)C. The van der Waals surface area contributed by atoms with Crippen LogP contribution in [0.4, 0.5) is 11.4 Å². The van der Waals surface area contributed by atoms with Crippen LogP contribution in [0.5, 0.6) is 0 Å². The lowest BCUT2D eigenvalue weighted by Gasteiger charge is -2.35. The molecule has 4 aliphatic carbocycles. The van der Waals surface area contributed by atoms with Gasteiger partial charge in [-0.3, -0.25) is 0 Å². The molecular weight excluding hydrogens is 931 g/mol. The second kappa shape index (κ2) is 17.1. The van der Waals surface area contributed by atoms with Crippen LogP contribution in [0, 0.1) is 0 Å². The molecule has 2 nitrogen and oxygen atoms in total. The summed E-state index contributed by atoms with van der Waals surface area (Å²) in [7, 11) is 0. The van der Waals surface area contributed by atoms with Crippen LogP contribution in [0.1, 0.15) is 77.6 Å². The molecule has 10 aromatic carbocycles. The molecule has 0 radical (unpaired) electrons. The van der Waals surface area contributed by atoms with E-state index in [0.29, 0.717) is 0 Å². The van der Waals surface area contributed by atoms with Gasteiger partial charge in [-0.25, -0.2) is 0 Å².